The highest BCUT2D eigenvalue weighted by molar-refractivity contribution is 9.12. The summed E-state index contributed by atoms with van der Waals surface area (Å²) in [5.74, 6) is 0.522. The lowest BCUT2D eigenvalue weighted by Crippen LogP contribution is -2.34. The van der Waals surface area contributed by atoms with Crippen molar-refractivity contribution in [2.75, 3.05) is 4.90 Å². The maximum absolute atomic E-state index is 4.45. The predicted octanol–water partition coefficient (Wildman–Crippen LogP) is 9.51. The van der Waals surface area contributed by atoms with E-state index in [0.29, 0.717) is 5.92 Å². The van der Waals surface area contributed by atoms with Gasteiger partial charge in [0.15, 0.2) is 0 Å². The first kappa shape index (κ1) is 26.5. The maximum Gasteiger partial charge on any atom is 0.0733 e. The van der Waals surface area contributed by atoms with Crippen molar-refractivity contribution < 1.29 is 0 Å². The molecule has 0 radical (unpaired) electrons. The molecule has 1 nitrogen and oxygen atoms in total. The summed E-state index contributed by atoms with van der Waals surface area (Å²) in [4.78, 5) is 2.26. The quantitative estimate of drug-likeness (QED) is 0.214. The molecule has 1 aromatic carbocycles. The molecule has 2 atom stereocenters. The van der Waals surface area contributed by atoms with E-state index in [-0.39, 0.29) is 6.04 Å². The first-order valence-electron chi connectivity index (χ1n) is 10.4. The topological polar surface area (TPSA) is 3.24 Å². The Morgan fingerprint density at radius 3 is 2.17 bits per heavy atom. The molecule has 3 heteroatoms. The second-order valence-electron chi connectivity index (χ2n) is 7.54. The van der Waals surface area contributed by atoms with Gasteiger partial charge in [-0.2, -0.15) is 0 Å². The van der Waals surface area contributed by atoms with E-state index in [1.807, 2.05) is 13.0 Å². The van der Waals surface area contributed by atoms with Gasteiger partial charge >= 0.3 is 0 Å². The van der Waals surface area contributed by atoms with E-state index in [2.05, 4.69) is 133 Å². The minimum Gasteiger partial charge on any atom is -0.331 e. The van der Waals surface area contributed by atoms with Crippen LogP contribution in [0.2, 0.25) is 0 Å². The second kappa shape index (κ2) is 13.0. The zero-order chi connectivity index (χ0) is 22.8. The number of rotatable bonds is 10. The molecule has 0 N–H and O–H groups in total. The van der Waals surface area contributed by atoms with E-state index in [0.717, 1.165) is 37.9 Å². The molecule has 0 fully saturated rings. The van der Waals surface area contributed by atoms with Crippen molar-refractivity contribution in [1.29, 1.82) is 0 Å². The lowest BCUT2D eigenvalue weighted by atomic mass is 9.96. The highest BCUT2D eigenvalue weighted by Gasteiger charge is 2.21. The molecule has 162 valence electrons. The van der Waals surface area contributed by atoms with Gasteiger partial charge in [-0.15, -0.1) is 0 Å². The van der Waals surface area contributed by atoms with Crippen molar-refractivity contribution in [2.45, 2.75) is 54.0 Å². The molecule has 0 spiro atoms. The Morgan fingerprint density at radius 2 is 1.70 bits per heavy atom. The summed E-state index contributed by atoms with van der Waals surface area (Å²) >= 11 is 7.14. The zero-order valence-electron chi connectivity index (χ0n) is 19.2. The fourth-order valence-electron chi connectivity index (χ4n) is 3.10. The Morgan fingerprint density at radius 1 is 1.10 bits per heavy atom. The van der Waals surface area contributed by atoms with Crippen molar-refractivity contribution >= 4 is 37.5 Å². The second-order valence-corrected chi connectivity index (χ2v) is 9.37. The Bertz CT molecular complexity index is 853. The maximum atomic E-state index is 4.45. The van der Waals surface area contributed by atoms with Crippen LogP contribution in [0, 0.1) is 5.92 Å². The number of allylic oxidation sites excluding steroid dienone is 7. The molecule has 0 saturated heterocycles. The minimum atomic E-state index is -0.00888. The standard InChI is InChI=1S/C27H35Br2N/c1-9-20(6)23(10-2)12-17-27(19(4)5)30(26-15-13-25(29)14-16-26)22(8)21(7)18-24(28)11-3/h10-18,20,27H,4,8-9H2,1-3,5-7H3. The number of hydrogen-bond donors (Lipinski definition) is 0. The molecule has 0 aliphatic carbocycles. The van der Waals surface area contributed by atoms with Gasteiger partial charge in [0, 0.05) is 20.3 Å². The summed E-state index contributed by atoms with van der Waals surface area (Å²) in [5, 5.41) is 0. The Balaban J connectivity index is 3.52. The van der Waals surface area contributed by atoms with Gasteiger partial charge in [0.2, 0.25) is 0 Å². The van der Waals surface area contributed by atoms with E-state index in [4.69, 9.17) is 0 Å². The Kier molecular flexibility index (Phi) is 11.4. The van der Waals surface area contributed by atoms with E-state index in [1.165, 1.54) is 5.57 Å². The van der Waals surface area contributed by atoms with Crippen LogP contribution in [0.15, 0.2) is 99.2 Å². The summed E-state index contributed by atoms with van der Waals surface area (Å²) in [7, 11) is 0. The van der Waals surface area contributed by atoms with Crippen LogP contribution in [-0.4, -0.2) is 6.04 Å². The van der Waals surface area contributed by atoms with Gasteiger partial charge in [-0.05, 0) is 81.5 Å². The van der Waals surface area contributed by atoms with Gasteiger partial charge in [-0.25, -0.2) is 0 Å². The molecular formula is C27H35Br2N. The van der Waals surface area contributed by atoms with Crippen LogP contribution in [0.4, 0.5) is 5.69 Å². The molecule has 0 heterocycles. The minimum absolute atomic E-state index is 0.00888. The average Bonchev–Trinajstić information content (AvgIpc) is 2.73. The molecule has 0 saturated carbocycles. The van der Waals surface area contributed by atoms with Crippen molar-refractivity contribution in [3.8, 4) is 0 Å². The van der Waals surface area contributed by atoms with Crippen LogP contribution in [-0.2, 0) is 0 Å². The number of benzene rings is 1. The smallest absolute Gasteiger partial charge is 0.0733 e. The molecule has 1 rings (SSSR count). The molecule has 0 bridgehead atoms. The lowest BCUT2D eigenvalue weighted by molar-refractivity contribution is 0.668. The summed E-state index contributed by atoms with van der Waals surface area (Å²) in [5.41, 5.74) is 5.52. The van der Waals surface area contributed by atoms with Crippen LogP contribution in [0.25, 0.3) is 0 Å². The van der Waals surface area contributed by atoms with E-state index in [1.54, 1.807) is 0 Å². The van der Waals surface area contributed by atoms with Gasteiger partial charge in [0.25, 0.3) is 0 Å². The first-order valence-corrected chi connectivity index (χ1v) is 12.0. The molecule has 0 aliphatic rings. The van der Waals surface area contributed by atoms with Crippen molar-refractivity contribution in [1.82, 2.24) is 0 Å². The average molecular weight is 533 g/mol. The van der Waals surface area contributed by atoms with Crippen LogP contribution >= 0.6 is 31.9 Å². The summed E-state index contributed by atoms with van der Waals surface area (Å²) in [6, 6.07) is 8.34. The summed E-state index contributed by atoms with van der Waals surface area (Å²) < 4.78 is 2.09. The predicted molar refractivity (Wildman–Crippen MR) is 143 cm³/mol. The zero-order valence-corrected chi connectivity index (χ0v) is 22.3. The van der Waals surface area contributed by atoms with Gasteiger partial charge in [0.05, 0.1) is 6.04 Å². The van der Waals surface area contributed by atoms with Gasteiger partial charge in [-0.1, -0.05) is 88.7 Å². The fourth-order valence-corrected chi connectivity index (χ4v) is 3.71. The first-order chi connectivity index (χ1) is 14.2. The number of hydrogen-bond acceptors (Lipinski definition) is 1. The largest absolute Gasteiger partial charge is 0.331 e. The molecule has 0 amide bonds. The highest BCUT2D eigenvalue weighted by atomic mass is 79.9. The number of nitrogens with zero attached hydrogens (tertiary/aromatic N) is 1. The van der Waals surface area contributed by atoms with Crippen LogP contribution in [0.5, 0.6) is 0 Å². The third-order valence-electron chi connectivity index (χ3n) is 5.25. The van der Waals surface area contributed by atoms with Crippen molar-refractivity contribution in [3.05, 3.63) is 99.2 Å². The third-order valence-corrected chi connectivity index (χ3v) is 6.47. The normalized spacial score (nSPS) is 15.3. The lowest BCUT2D eigenvalue weighted by Gasteiger charge is -2.35. The molecule has 30 heavy (non-hydrogen) atoms. The monoisotopic (exact) mass is 531 g/mol. The third kappa shape index (κ3) is 7.59. The SMILES string of the molecule is C=C(C)C(C=CC(=CC)C(C)CC)N(C(=C)C(C)=CC(Br)=CC)c1ccc(Br)cc1. The Hall–Kier alpha value is -1.58. The van der Waals surface area contributed by atoms with E-state index < -0.39 is 0 Å². The highest BCUT2D eigenvalue weighted by Crippen LogP contribution is 2.31. The van der Waals surface area contributed by atoms with Crippen LogP contribution in [0.1, 0.15) is 48.0 Å². The van der Waals surface area contributed by atoms with Crippen LogP contribution < -0.4 is 4.90 Å². The Labute approximate surface area is 200 Å². The molecule has 0 aromatic heterocycles. The van der Waals surface area contributed by atoms with Crippen LogP contribution in [0.3, 0.4) is 0 Å². The summed E-state index contributed by atoms with van der Waals surface area (Å²) in [6.07, 6.45) is 11.9. The summed E-state index contributed by atoms with van der Waals surface area (Å²) in [6.45, 7) is 21.5. The van der Waals surface area contributed by atoms with E-state index in [9.17, 15) is 0 Å². The van der Waals surface area contributed by atoms with Crippen molar-refractivity contribution in [2.24, 2.45) is 5.92 Å². The molecule has 1 aromatic rings. The number of halogens is 2. The molecular weight excluding hydrogens is 498 g/mol. The fraction of sp³-hybridized carbons (Fsp3) is 0.333. The molecule has 0 aliphatic heterocycles. The molecule has 2 unspecified atom stereocenters. The number of anilines is 1. The van der Waals surface area contributed by atoms with Gasteiger partial charge < -0.3 is 4.90 Å². The van der Waals surface area contributed by atoms with Gasteiger partial charge in [0.1, 0.15) is 0 Å². The van der Waals surface area contributed by atoms with Gasteiger partial charge in [-0.3, -0.25) is 0 Å². The van der Waals surface area contributed by atoms with E-state index >= 15 is 0 Å². The van der Waals surface area contributed by atoms with Crippen molar-refractivity contribution in [3.63, 3.8) is 0 Å².